The molecule has 8 heteroatoms. The Kier molecular flexibility index (Phi) is 3.38. The minimum atomic E-state index is -4.65. The lowest BCUT2D eigenvalue weighted by Crippen LogP contribution is -2.17. The lowest BCUT2D eigenvalue weighted by Gasteiger charge is -2.05. The Bertz CT molecular complexity index is 801. The van der Waals surface area contributed by atoms with E-state index in [4.69, 9.17) is 0 Å². The number of halogens is 3. The van der Waals surface area contributed by atoms with Gasteiger partial charge in [0.2, 0.25) is 0 Å². The van der Waals surface area contributed by atoms with Crippen LogP contribution in [-0.2, 0) is 26.1 Å². The van der Waals surface area contributed by atoms with Gasteiger partial charge in [0.05, 0.1) is 11.4 Å². The van der Waals surface area contributed by atoms with Crippen LogP contribution in [0.4, 0.5) is 13.2 Å². The van der Waals surface area contributed by atoms with Crippen molar-refractivity contribution in [1.29, 1.82) is 0 Å². The van der Waals surface area contributed by atoms with Crippen LogP contribution in [0.2, 0.25) is 0 Å². The van der Waals surface area contributed by atoms with Crippen LogP contribution >= 0.6 is 0 Å². The number of aryl methyl sites for hydroxylation is 2. The summed E-state index contributed by atoms with van der Waals surface area (Å²) in [6.45, 7) is 0. The summed E-state index contributed by atoms with van der Waals surface area (Å²) in [6, 6.07) is 0.444. The summed E-state index contributed by atoms with van der Waals surface area (Å²) >= 11 is 0. The summed E-state index contributed by atoms with van der Waals surface area (Å²) < 4.78 is 39.6. The fourth-order valence-corrected chi connectivity index (χ4v) is 2.61. The van der Waals surface area contributed by atoms with Gasteiger partial charge in [-0.1, -0.05) is 0 Å². The van der Waals surface area contributed by atoms with Gasteiger partial charge < -0.3 is 4.98 Å². The topological polar surface area (TPSA) is 63.6 Å². The van der Waals surface area contributed by atoms with Gasteiger partial charge in [-0.2, -0.15) is 18.3 Å². The van der Waals surface area contributed by atoms with E-state index in [2.05, 4.69) is 15.1 Å². The van der Waals surface area contributed by atoms with Crippen molar-refractivity contribution in [3.05, 3.63) is 44.9 Å². The smallest absolute Gasteiger partial charge is 0.307 e. The van der Waals surface area contributed by atoms with Gasteiger partial charge in [-0.15, -0.1) is 0 Å². The number of aromatic amines is 1. The average Bonchev–Trinajstić information content (AvgIpc) is 2.95. The highest BCUT2D eigenvalue weighted by Crippen LogP contribution is 2.27. The van der Waals surface area contributed by atoms with Crippen LogP contribution in [0.1, 0.15) is 34.9 Å². The monoisotopic (exact) mass is 310 g/mol. The molecule has 22 heavy (non-hydrogen) atoms. The first-order chi connectivity index (χ1) is 10.3. The molecule has 0 aromatic carbocycles. The maximum Gasteiger partial charge on any atom is 0.433 e. The standard InChI is InChI=1S/C14H13F3N4O/c1-21-10(8-3-2-4-9(8)20-21)5-6-12-18-11(14(15,16)17)7-13(22)19-12/h5-7H,2-4H2,1H3,(H,18,19,22). The summed E-state index contributed by atoms with van der Waals surface area (Å²) in [6.07, 6.45) is 1.19. The maximum absolute atomic E-state index is 12.7. The second-order valence-electron chi connectivity index (χ2n) is 5.13. The number of nitrogens with one attached hydrogen (secondary N) is 1. The minimum absolute atomic E-state index is 0.132. The van der Waals surface area contributed by atoms with Crippen molar-refractivity contribution in [2.75, 3.05) is 0 Å². The van der Waals surface area contributed by atoms with Gasteiger partial charge in [0.15, 0.2) is 5.69 Å². The second-order valence-corrected chi connectivity index (χ2v) is 5.13. The molecule has 2 heterocycles. The Hall–Kier alpha value is -2.38. The van der Waals surface area contributed by atoms with Gasteiger partial charge in [-0.05, 0) is 31.4 Å². The highest BCUT2D eigenvalue weighted by atomic mass is 19.4. The molecule has 0 bridgehead atoms. The second kappa shape index (κ2) is 5.11. The van der Waals surface area contributed by atoms with Crippen molar-refractivity contribution in [1.82, 2.24) is 19.7 Å². The fourth-order valence-electron chi connectivity index (χ4n) is 2.61. The molecule has 1 N–H and O–H groups in total. The molecule has 116 valence electrons. The van der Waals surface area contributed by atoms with Crippen molar-refractivity contribution in [2.24, 2.45) is 7.05 Å². The Morgan fingerprint density at radius 2 is 2.09 bits per heavy atom. The zero-order valence-electron chi connectivity index (χ0n) is 11.7. The van der Waals surface area contributed by atoms with Crippen molar-refractivity contribution < 1.29 is 13.2 Å². The van der Waals surface area contributed by atoms with Gasteiger partial charge in [0.1, 0.15) is 5.82 Å². The zero-order chi connectivity index (χ0) is 15.9. The maximum atomic E-state index is 12.7. The van der Waals surface area contributed by atoms with Gasteiger partial charge in [-0.3, -0.25) is 9.48 Å². The molecule has 0 aliphatic heterocycles. The van der Waals surface area contributed by atoms with Crippen molar-refractivity contribution in [3.8, 4) is 0 Å². The van der Waals surface area contributed by atoms with E-state index < -0.39 is 17.4 Å². The quantitative estimate of drug-likeness (QED) is 0.925. The third-order valence-electron chi connectivity index (χ3n) is 3.57. The minimum Gasteiger partial charge on any atom is -0.307 e. The van der Waals surface area contributed by atoms with Gasteiger partial charge in [-0.25, -0.2) is 4.98 Å². The molecule has 1 aliphatic rings. The van der Waals surface area contributed by atoms with Gasteiger partial charge >= 0.3 is 6.18 Å². The van der Waals surface area contributed by atoms with Crippen LogP contribution in [0.3, 0.4) is 0 Å². The molecule has 5 nitrogen and oxygen atoms in total. The van der Waals surface area contributed by atoms with E-state index in [0.29, 0.717) is 6.07 Å². The third-order valence-corrected chi connectivity index (χ3v) is 3.57. The van der Waals surface area contributed by atoms with Crippen LogP contribution in [-0.4, -0.2) is 19.7 Å². The van der Waals surface area contributed by atoms with Crippen LogP contribution < -0.4 is 5.56 Å². The number of rotatable bonds is 2. The van der Waals surface area contributed by atoms with E-state index in [-0.39, 0.29) is 5.82 Å². The number of alkyl halides is 3. The van der Waals surface area contributed by atoms with Gasteiger partial charge in [0, 0.05) is 18.7 Å². The predicted molar refractivity (Wildman–Crippen MR) is 74.0 cm³/mol. The number of aromatic nitrogens is 4. The van der Waals surface area contributed by atoms with Crippen LogP contribution in [0.5, 0.6) is 0 Å². The molecular formula is C14H13F3N4O. The van der Waals surface area contributed by atoms with Crippen LogP contribution in [0, 0.1) is 0 Å². The summed E-state index contributed by atoms with van der Waals surface area (Å²) in [5, 5.41) is 4.37. The highest BCUT2D eigenvalue weighted by molar-refractivity contribution is 5.67. The largest absolute Gasteiger partial charge is 0.433 e. The molecule has 2 aromatic heterocycles. The summed E-state index contributed by atoms with van der Waals surface area (Å²) in [5.74, 6) is -0.132. The first-order valence-corrected chi connectivity index (χ1v) is 6.76. The van der Waals surface area contributed by atoms with E-state index in [9.17, 15) is 18.0 Å². The molecular weight excluding hydrogens is 297 g/mol. The number of fused-ring (bicyclic) bond motifs is 1. The fraction of sp³-hybridized carbons (Fsp3) is 0.357. The lowest BCUT2D eigenvalue weighted by atomic mass is 10.2. The molecule has 0 spiro atoms. The van der Waals surface area contributed by atoms with E-state index in [1.54, 1.807) is 17.8 Å². The van der Waals surface area contributed by atoms with Crippen molar-refractivity contribution >= 4 is 12.2 Å². The summed E-state index contributed by atoms with van der Waals surface area (Å²) in [7, 11) is 1.78. The summed E-state index contributed by atoms with van der Waals surface area (Å²) in [5.41, 5.74) is 0.914. The molecule has 0 amide bonds. The molecule has 0 fully saturated rings. The predicted octanol–water partition coefficient (Wildman–Crippen LogP) is 2.18. The Morgan fingerprint density at radius 1 is 1.32 bits per heavy atom. The summed E-state index contributed by atoms with van der Waals surface area (Å²) in [4.78, 5) is 17.0. The molecule has 0 saturated carbocycles. The molecule has 0 atom stereocenters. The van der Waals surface area contributed by atoms with E-state index >= 15 is 0 Å². The lowest BCUT2D eigenvalue weighted by molar-refractivity contribution is -0.141. The molecule has 3 rings (SSSR count). The van der Waals surface area contributed by atoms with Gasteiger partial charge in [0.25, 0.3) is 5.56 Å². The van der Waals surface area contributed by atoms with Crippen LogP contribution in [0.15, 0.2) is 10.9 Å². The molecule has 0 radical (unpaired) electrons. The Balaban J connectivity index is 1.97. The van der Waals surface area contributed by atoms with E-state index in [0.717, 1.165) is 36.2 Å². The third kappa shape index (κ3) is 2.68. The average molecular weight is 310 g/mol. The highest BCUT2D eigenvalue weighted by Gasteiger charge is 2.33. The number of hydrogen-bond acceptors (Lipinski definition) is 3. The first kappa shape index (κ1) is 14.6. The van der Waals surface area contributed by atoms with Crippen molar-refractivity contribution in [3.63, 3.8) is 0 Å². The molecule has 2 aromatic rings. The number of hydrogen-bond donors (Lipinski definition) is 1. The number of nitrogens with zero attached hydrogens (tertiary/aromatic N) is 3. The Labute approximate surface area is 123 Å². The molecule has 0 saturated heterocycles. The molecule has 0 unspecified atom stereocenters. The van der Waals surface area contributed by atoms with E-state index in [1.165, 1.54) is 6.08 Å². The Morgan fingerprint density at radius 3 is 2.82 bits per heavy atom. The van der Waals surface area contributed by atoms with E-state index in [1.807, 2.05) is 0 Å². The van der Waals surface area contributed by atoms with Crippen LogP contribution in [0.25, 0.3) is 12.2 Å². The SMILES string of the molecule is Cn1nc2c(c1C=Cc1nc(C(F)(F)F)cc(=O)[nH]1)CCC2. The zero-order valence-corrected chi connectivity index (χ0v) is 11.7. The first-order valence-electron chi connectivity index (χ1n) is 6.76. The van der Waals surface area contributed by atoms with Crippen molar-refractivity contribution in [2.45, 2.75) is 25.4 Å². The number of H-pyrrole nitrogens is 1. The molecule has 1 aliphatic carbocycles. The normalized spacial score (nSPS) is 14.7.